The van der Waals surface area contributed by atoms with E-state index in [9.17, 15) is 4.79 Å². The second kappa shape index (κ2) is 5.17. The van der Waals surface area contributed by atoms with Gasteiger partial charge in [-0.3, -0.25) is 9.69 Å². The summed E-state index contributed by atoms with van der Waals surface area (Å²) in [7, 11) is 0. The van der Waals surface area contributed by atoms with E-state index in [2.05, 4.69) is 11.8 Å². The number of nitrogens with zero attached hydrogens (tertiary/aromatic N) is 1. The van der Waals surface area contributed by atoms with E-state index in [1.807, 2.05) is 0 Å². The molecule has 0 heterocycles. The molecule has 3 nitrogen and oxygen atoms in total. The third kappa shape index (κ3) is 3.21. The van der Waals surface area contributed by atoms with Crippen molar-refractivity contribution in [2.24, 2.45) is 11.8 Å². The van der Waals surface area contributed by atoms with Crippen molar-refractivity contribution < 1.29 is 9.90 Å². The van der Waals surface area contributed by atoms with Gasteiger partial charge in [0, 0.05) is 12.6 Å². The zero-order valence-corrected chi connectivity index (χ0v) is 10.2. The van der Waals surface area contributed by atoms with Gasteiger partial charge in [0.25, 0.3) is 0 Å². The Labute approximate surface area is 97.8 Å². The minimum absolute atomic E-state index is 0.248. The molecule has 0 aromatic carbocycles. The van der Waals surface area contributed by atoms with E-state index in [0.717, 1.165) is 18.4 Å². The second-order valence-electron chi connectivity index (χ2n) is 5.51. The SMILES string of the molecule is CCC1CCC(N(CC(=O)O)CC2CC2)C1. The van der Waals surface area contributed by atoms with Gasteiger partial charge in [0.05, 0.1) is 6.54 Å². The Balaban J connectivity index is 1.86. The summed E-state index contributed by atoms with van der Waals surface area (Å²) in [4.78, 5) is 13.1. The molecule has 0 aromatic heterocycles. The summed E-state index contributed by atoms with van der Waals surface area (Å²) in [6, 6.07) is 0.543. The smallest absolute Gasteiger partial charge is 0.317 e. The van der Waals surface area contributed by atoms with Crippen molar-refractivity contribution >= 4 is 5.97 Å². The highest BCUT2D eigenvalue weighted by Gasteiger charge is 2.33. The fraction of sp³-hybridized carbons (Fsp3) is 0.923. The molecule has 16 heavy (non-hydrogen) atoms. The third-order valence-corrected chi connectivity index (χ3v) is 4.14. The Bertz CT molecular complexity index is 250. The van der Waals surface area contributed by atoms with Crippen LogP contribution in [0.2, 0.25) is 0 Å². The molecule has 1 N–H and O–H groups in total. The van der Waals surface area contributed by atoms with Gasteiger partial charge in [0.2, 0.25) is 0 Å². The molecule has 2 atom stereocenters. The predicted molar refractivity (Wildman–Crippen MR) is 63.4 cm³/mol. The number of carbonyl (C=O) groups is 1. The molecule has 2 aliphatic carbocycles. The highest BCUT2D eigenvalue weighted by molar-refractivity contribution is 5.69. The molecule has 2 aliphatic rings. The first-order valence-corrected chi connectivity index (χ1v) is 6.65. The van der Waals surface area contributed by atoms with Gasteiger partial charge in [-0.15, -0.1) is 0 Å². The molecule has 92 valence electrons. The highest BCUT2D eigenvalue weighted by atomic mass is 16.4. The van der Waals surface area contributed by atoms with E-state index in [4.69, 9.17) is 5.11 Å². The second-order valence-corrected chi connectivity index (χ2v) is 5.51. The van der Waals surface area contributed by atoms with E-state index < -0.39 is 5.97 Å². The molecular weight excluding hydrogens is 202 g/mol. The highest BCUT2D eigenvalue weighted by Crippen LogP contribution is 2.35. The Hall–Kier alpha value is -0.570. The Kier molecular flexibility index (Phi) is 3.85. The normalized spacial score (nSPS) is 29.9. The van der Waals surface area contributed by atoms with Crippen LogP contribution in [0.3, 0.4) is 0 Å². The molecule has 0 spiro atoms. The summed E-state index contributed by atoms with van der Waals surface area (Å²) in [5.74, 6) is 0.959. The minimum atomic E-state index is -0.666. The molecule has 2 saturated carbocycles. The Morgan fingerprint density at radius 1 is 1.25 bits per heavy atom. The molecule has 0 amide bonds. The van der Waals surface area contributed by atoms with Crippen molar-refractivity contribution in [3.63, 3.8) is 0 Å². The fourth-order valence-electron chi connectivity index (χ4n) is 2.90. The molecule has 0 saturated heterocycles. The van der Waals surface area contributed by atoms with Crippen LogP contribution < -0.4 is 0 Å². The van der Waals surface area contributed by atoms with Gasteiger partial charge in [-0.1, -0.05) is 13.3 Å². The quantitative estimate of drug-likeness (QED) is 0.754. The molecule has 0 aliphatic heterocycles. The lowest BCUT2D eigenvalue weighted by molar-refractivity contribution is -0.139. The van der Waals surface area contributed by atoms with Crippen LogP contribution in [0, 0.1) is 11.8 Å². The first-order chi connectivity index (χ1) is 7.69. The Morgan fingerprint density at radius 3 is 2.44 bits per heavy atom. The van der Waals surface area contributed by atoms with Crippen LogP contribution in [0.5, 0.6) is 0 Å². The lowest BCUT2D eigenvalue weighted by Gasteiger charge is -2.27. The van der Waals surface area contributed by atoms with Crippen LogP contribution in [0.4, 0.5) is 0 Å². The van der Waals surface area contributed by atoms with E-state index in [1.165, 1.54) is 38.5 Å². The van der Waals surface area contributed by atoms with Gasteiger partial charge in [-0.25, -0.2) is 0 Å². The van der Waals surface area contributed by atoms with Gasteiger partial charge in [0.1, 0.15) is 0 Å². The first-order valence-electron chi connectivity index (χ1n) is 6.65. The van der Waals surface area contributed by atoms with Crippen molar-refractivity contribution in [2.45, 2.75) is 51.5 Å². The maximum Gasteiger partial charge on any atom is 0.317 e. The van der Waals surface area contributed by atoms with Gasteiger partial charge in [-0.2, -0.15) is 0 Å². The molecule has 0 radical (unpaired) electrons. The average molecular weight is 225 g/mol. The number of rotatable bonds is 6. The summed E-state index contributed by atoms with van der Waals surface area (Å²) in [5.41, 5.74) is 0. The minimum Gasteiger partial charge on any atom is -0.480 e. The fourth-order valence-corrected chi connectivity index (χ4v) is 2.90. The Morgan fingerprint density at radius 2 is 1.94 bits per heavy atom. The van der Waals surface area contributed by atoms with Crippen molar-refractivity contribution in [1.82, 2.24) is 4.90 Å². The number of aliphatic carboxylic acids is 1. The zero-order valence-electron chi connectivity index (χ0n) is 10.2. The van der Waals surface area contributed by atoms with Crippen molar-refractivity contribution in [3.8, 4) is 0 Å². The molecule has 2 rings (SSSR count). The van der Waals surface area contributed by atoms with Crippen LogP contribution in [-0.2, 0) is 4.79 Å². The summed E-state index contributed by atoms with van der Waals surface area (Å²) in [6.45, 7) is 3.51. The molecule has 0 aromatic rings. The largest absolute Gasteiger partial charge is 0.480 e. The number of carboxylic acid groups (broad SMARTS) is 1. The first kappa shape index (κ1) is 11.9. The molecule has 2 unspecified atom stereocenters. The number of carboxylic acids is 1. The standard InChI is InChI=1S/C13H23NO2/c1-2-10-5-6-12(7-10)14(9-13(15)16)8-11-3-4-11/h10-12H,2-9H2,1H3,(H,15,16). The van der Waals surface area contributed by atoms with Crippen molar-refractivity contribution in [2.75, 3.05) is 13.1 Å². The zero-order chi connectivity index (χ0) is 11.5. The molecule has 3 heteroatoms. The van der Waals surface area contributed by atoms with Crippen LogP contribution in [0.25, 0.3) is 0 Å². The van der Waals surface area contributed by atoms with Gasteiger partial charge in [0.15, 0.2) is 0 Å². The summed E-state index contributed by atoms with van der Waals surface area (Å²) in [6.07, 6.45) is 7.58. The summed E-state index contributed by atoms with van der Waals surface area (Å²) >= 11 is 0. The van der Waals surface area contributed by atoms with Gasteiger partial charge in [-0.05, 0) is 43.9 Å². The van der Waals surface area contributed by atoms with Gasteiger partial charge < -0.3 is 5.11 Å². The van der Waals surface area contributed by atoms with E-state index in [1.54, 1.807) is 0 Å². The number of hydrogen-bond donors (Lipinski definition) is 1. The van der Waals surface area contributed by atoms with E-state index in [0.29, 0.717) is 6.04 Å². The predicted octanol–water partition coefficient (Wildman–Crippen LogP) is 2.36. The van der Waals surface area contributed by atoms with Gasteiger partial charge >= 0.3 is 5.97 Å². The maximum atomic E-state index is 10.9. The van der Waals surface area contributed by atoms with E-state index >= 15 is 0 Å². The van der Waals surface area contributed by atoms with Crippen molar-refractivity contribution in [3.05, 3.63) is 0 Å². The summed E-state index contributed by atoms with van der Waals surface area (Å²) < 4.78 is 0. The molecule has 0 bridgehead atoms. The summed E-state index contributed by atoms with van der Waals surface area (Å²) in [5, 5.41) is 8.96. The lowest BCUT2D eigenvalue weighted by atomic mass is 10.1. The average Bonchev–Trinajstić information content (AvgIpc) is 2.93. The lowest BCUT2D eigenvalue weighted by Crippen LogP contribution is -2.39. The molecular formula is C13H23NO2. The van der Waals surface area contributed by atoms with Crippen LogP contribution >= 0.6 is 0 Å². The van der Waals surface area contributed by atoms with Crippen LogP contribution in [-0.4, -0.2) is 35.1 Å². The topological polar surface area (TPSA) is 40.5 Å². The monoisotopic (exact) mass is 225 g/mol. The van der Waals surface area contributed by atoms with Crippen LogP contribution in [0.15, 0.2) is 0 Å². The van der Waals surface area contributed by atoms with E-state index in [-0.39, 0.29) is 6.54 Å². The number of hydrogen-bond acceptors (Lipinski definition) is 2. The van der Waals surface area contributed by atoms with Crippen LogP contribution in [0.1, 0.15) is 45.4 Å². The molecule has 2 fully saturated rings. The third-order valence-electron chi connectivity index (χ3n) is 4.14. The maximum absolute atomic E-state index is 10.9. The van der Waals surface area contributed by atoms with Crippen molar-refractivity contribution in [1.29, 1.82) is 0 Å².